The molecule has 3 rings (SSSR count). The molecule has 0 bridgehead atoms. The molecule has 132 valence electrons. The fourth-order valence-corrected chi connectivity index (χ4v) is 3.17. The Balaban J connectivity index is 1.52. The summed E-state index contributed by atoms with van der Waals surface area (Å²) in [5.74, 6) is 1.93. The molecule has 0 aromatic carbocycles. The zero-order valence-corrected chi connectivity index (χ0v) is 14.6. The van der Waals surface area contributed by atoms with Gasteiger partial charge < -0.3 is 20.3 Å². The van der Waals surface area contributed by atoms with Crippen LogP contribution in [0.15, 0.2) is 23.3 Å². The number of rotatable bonds is 6. The van der Waals surface area contributed by atoms with Gasteiger partial charge in [-0.25, -0.2) is 9.98 Å². The maximum atomic E-state index is 5.65. The van der Waals surface area contributed by atoms with Crippen LogP contribution in [0.1, 0.15) is 38.2 Å². The fourth-order valence-electron chi connectivity index (χ4n) is 3.17. The van der Waals surface area contributed by atoms with Crippen molar-refractivity contribution in [1.82, 2.24) is 15.6 Å². The number of hydrogen-bond acceptors (Lipinski definition) is 4. The van der Waals surface area contributed by atoms with Crippen LogP contribution in [0.25, 0.3) is 0 Å². The van der Waals surface area contributed by atoms with Crippen molar-refractivity contribution in [2.45, 2.75) is 45.3 Å². The molecule has 24 heavy (non-hydrogen) atoms. The van der Waals surface area contributed by atoms with Crippen LogP contribution in [0, 0.1) is 0 Å². The summed E-state index contributed by atoms with van der Waals surface area (Å²) in [7, 11) is 0. The quantitative estimate of drug-likeness (QED) is 0.616. The standard InChI is InChI=1S/C18H29N5O/c1-2-19-18(22-14-16-6-5-11-24-16)21-13-15-7-8-17(20-12-15)23-9-3-4-10-23/h7-8,12,16H,2-6,9-11,13-14H2,1H3,(H2,19,21,22). The smallest absolute Gasteiger partial charge is 0.191 e. The highest BCUT2D eigenvalue weighted by Crippen LogP contribution is 2.17. The van der Waals surface area contributed by atoms with Gasteiger partial charge in [0.05, 0.1) is 12.6 Å². The Labute approximate surface area is 144 Å². The normalized spacial score (nSPS) is 21.3. The van der Waals surface area contributed by atoms with E-state index in [1.165, 1.54) is 12.8 Å². The summed E-state index contributed by atoms with van der Waals surface area (Å²) in [6.45, 7) is 7.52. The third kappa shape index (κ3) is 4.84. The van der Waals surface area contributed by atoms with Crippen molar-refractivity contribution >= 4 is 11.8 Å². The summed E-state index contributed by atoms with van der Waals surface area (Å²) in [4.78, 5) is 11.6. The number of anilines is 1. The van der Waals surface area contributed by atoms with Gasteiger partial charge in [-0.1, -0.05) is 6.07 Å². The van der Waals surface area contributed by atoms with Crippen LogP contribution in [0.3, 0.4) is 0 Å². The predicted molar refractivity (Wildman–Crippen MR) is 97.5 cm³/mol. The molecule has 0 spiro atoms. The van der Waals surface area contributed by atoms with Crippen molar-refractivity contribution in [2.24, 2.45) is 4.99 Å². The molecule has 0 aliphatic carbocycles. The van der Waals surface area contributed by atoms with Crippen LogP contribution in [0.5, 0.6) is 0 Å². The SMILES string of the molecule is CCNC(=NCc1ccc(N2CCCC2)nc1)NCC1CCCO1. The van der Waals surface area contributed by atoms with E-state index in [2.05, 4.69) is 44.6 Å². The van der Waals surface area contributed by atoms with E-state index in [9.17, 15) is 0 Å². The third-order valence-electron chi connectivity index (χ3n) is 4.52. The number of pyridine rings is 1. The van der Waals surface area contributed by atoms with Crippen molar-refractivity contribution in [3.8, 4) is 0 Å². The summed E-state index contributed by atoms with van der Waals surface area (Å²) in [6.07, 6.45) is 7.10. The van der Waals surface area contributed by atoms with Crippen LogP contribution < -0.4 is 15.5 Å². The van der Waals surface area contributed by atoms with Gasteiger partial charge in [0.2, 0.25) is 0 Å². The number of aliphatic imine (C=N–C) groups is 1. The molecule has 3 heterocycles. The molecule has 1 aromatic rings. The number of hydrogen-bond donors (Lipinski definition) is 2. The van der Waals surface area contributed by atoms with Gasteiger partial charge in [-0.3, -0.25) is 0 Å². The topological polar surface area (TPSA) is 61.8 Å². The van der Waals surface area contributed by atoms with Gasteiger partial charge in [0.1, 0.15) is 5.82 Å². The number of aromatic nitrogens is 1. The Morgan fingerprint density at radius 3 is 2.83 bits per heavy atom. The van der Waals surface area contributed by atoms with E-state index >= 15 is 0 Å². The van der Waals surface area contributed by atoms with E-state index in [0.29, 0.717) is 12.6 Å². The average molecular weight is 331 g/mol. The molecule has 2 fully saturated rings. The number of guanidine groups is 1. The summed E-state index contributed by atoms with van der Waals surface area (Å²) < 4.78 is 5.65. The molecule has 2 N–H and O–H groups in total. The van der Waals surface area contributed by atoms with E-state index in [0.717, 1.165) is 63.0 Å². The zero-order valence-electron chi connectivity index (χ0n) is 14.6. The Morgan fingerprint density at radius 2 is 2.17 bits per heavy atom. The van der Waals surface area contributed by atoms with Crippen molar-refractivity contribution in [3.63, 3.8) is 0 Å². The van der Waals surface area contributed by atoms with Crippen LogP contribution in [0.2, 0.25) is 0 Å². The highest BCUT2D eigenvalue weighted by atomic mass is 16.5. The Morgan fingerprint density at radius 1 is 1.29 bits per heavy atom. The van der Waals surface area contributed by atoms with E-state index in [1.807, 2.05) is 6.20 Å². The molecule has 2 aliphatic rings. The van der Waals surface area contributed by atoms with Gasteiger partial charge in [-0.05, 0) is 44.2 Å². The van der Waals surface area contributed by atoms with Crippen molar-refractivity contribution < 1.29 is 4.74 Å². The van der Waals surface area contributed by atoms with E-state index in [1.54, 1.807) is 0 Å². The fraction of sp³-hybridized carbons (Fsp3) is 0.667. The second kappa shape index (κ2) is 8.87. The van der Waals surface area contributed by atoms with Crippen LogP contribution in [-0.4, -0.2) is 49.8 Å². The Hall–Kier alpha value is -1.82. The first-order chi connectivity index (χ1) is 11.8. The molecule has 1 atom stereocenters. The minimum atomic E-state index is 0.315. The molecule has 2 saturated heterocycles. The van der Waals surface area contributed by atoms with Crippen LogP contribution >= 0.6 is 0 Å². The highest BCUT2D eigenvalue weighted by Gasteiger charge is 2.15. The third-order valence-corrected chi connectivity index (χ3v) is 4.52. The van der Waals surface area contributed by atoms with Crippen molar-refractivity contribution in [2.75, 3.05) is 37.7 Å². The van der Waals surface area contributed by atoms with Gasteiger partial charge >= 0.3 is 0 Å². The molecular formula is C18H29N5O. The predicted octanol–water partition coefficient (Wildman–Crippen LogP) is 1.92. The first kappa shape index (κ1) is 17.0. The van der Waals surface area contributed by atoms with E-state index < -0.39 is 0 Å². The van der Waals surface area contributed by atoms with Crippen molar-refractivity contribution in [1.29, 1.82) is 0 Å². The van der Waals surface area contributed by atoms with Crippen LogP contribution in [-0.2, 0) is 11.3 Å². The van der Waals surface area contributed by atoms with Crippen LogP contribution in [0.4, 0.5) is 5.82 Å². The first-order valence-electron chi connectivity index (χ1n) is 9.19. The van der Waals surface area contributed by atoms with E-state index in [4.69, 9.17) is 4.74 Å². The molecule has 6 nitrogen and oxygen atoms in total. The van der Waals surface area contributed by atoms with Gasteiger partial charge in [0.25, 0.3) is 0 Å². The maximum absolute atomic E-state index is 5.65. The van der Waals surface area contributed by atoms with Gasteiger partial charge in [-0.15, -0.1) is 0 Å². The molecule has 2 aliphatic heterocycles. The van der Waals surface area contributed by atoms with Crippen molar-refractivity contribution in [3.05, 3.63) is 23.9 Å². The minimum absolute atomic E-state index is 0.315. The lowest BCUT2D eigenvalue weighted by Gasteiger charge is -2.16. The van der Waals surface area contributed by atoms with Gasteiger partial charge in [0, 0.05) is 39.0 Å². The largest absolute Gasteiger partial charge is 0.376 e. The number of ether oxygens (including phenoxy) is 1. The summed E-state index contributed by atoms with van der Waals surface area (Å²) in [6, 6.07) is 4.25. The number of nitrogens with zero attached hydrogens (tertiary/aromatic N) is 3. The first-order valence-corrected chi connectivity index (χ1v) is 9.19. The summed E-state index contributed by atoms with van der Waals surface area (Å²) in [5, 5.41) is 6.66. The van der Waals surface area contributed by atoms with Gasteiger partial charge in [0.15, 0.2) is 5.96 Å². The molecule has 0 saturated carbocycles. The second-order valence-electron chi connectivity index (χ2n) is 6.43. The van der Waals surface area contributed by atoms with Gasteiger partial charge in [-0.2, -0.15) is 0 Å². The Kier molecular flexibility index (Phi) is 6.29. The molecule has 0 radical (unpaired) electrons. The monoisotopic (exact) mass is 331 g/mol. The summed E-state index contributed by atoms with van der Waals surface area (Å²) in [5.41, 5.74) is 1.13. The lowest BCUT2D eigenvalue weighted by Crippen LogP contribution is -2.41. The maximum Gasteiger partial charge on any atom is 0.191 e. The molecule has 6 heteroatoms. The Bertz CT molecular complexity index is 519. The molecular weight excluding hydrogens is 302 g/mol. The average Bonchev–Trinajstić information content (AvgIpc) is 3.31. The zero-order chi connectivity index (χ0) is 16.6. The molecule has 1 unspecified atom stereocenters. The molecule has 1 aromatic heterocycles. The summed E-state index contributed by atoms with van der Waals surface area (Å²) >= 11 is 0. The lowest BCUT2D eigenvalue weighted by molar-refractivity contribution is 0.114. The highest BCUT2D eigenvalue weighted by molar-refractivity contribution is 5.79. The number of nitrogens with one attached hydrogen (secondary N) is 2. The molecule has 0 amide bonds. The second-order valence-corrected chi connectivity index (χ2v) is 6.43. The minimum Gasteiger partial charge on any atom is -0.376 e. The van der Waals surface area contributed by atoms with E-state index in [-0.39, 0.29) is 0 Å². The lowest BCUT2D eigenvalue weighted by atomic mass is 10.2.